The first-order chi connectivity index (χ1) is 12.4. The van der Waals surface area contributed by atoms with Crippen LogP contribution in [0.2, 0.25) is 5.02 Å². The molecule has 0 saturated heterocycles. The second kappa shape index (κ2) is 7.86. The van der Waals surface area contributed by atoms with Crippen LogP contribution < -0.4 is 0 Å². The molecule has 0 radical (unpaired) electrons. The van der Waals surface area contributed by atoms with E-state index in [1.807, 2.05) is 0 Å². The summed E-state index contributed by atoms with van der Waals surface area (Å²) in [4.78, 5) is 29.5. The molecule has 7 nitrogen and oxygen atoms in total. The molecular formula is C18H20ClN3O4. The van der Waals surface area contributed by atoms with E-state index in [0.717, 1.165) is 18.4 Å². The SMILES string of the molecule is CC(CN(C(=O)CCc1nc(-c2ccc(Cl)cc2)no1)C1CC1)C(=O)O. The van der Waals surface area contributed by atoms with Gasteiger partial charge in [-0.3, -0.25) is 9.59 Å². The average molecular weight is 378 g/mol. The van der Waals surface area contributed by atoms with Crippen LogP contribution in [0.1, 0.15) is 32.1 Å². The van der Waals surface area contributed by atoms with Crippen molar-refractivity contribution >= 4 is 23.5 Å². The summed E-state index contributed by atoms with van der Waals surface area (Å²) in [6, 6.07) is 7.24. The Morgan fingerprint density at radius 1 is 1.35 bits per heavy atom. The maximum atomic E-state index is 12.5. The summed E-state index contributed by atoms with van der Waals surface area (Å²) in [5.74, 6) is -0.729. The molecule has 1 N–H and O–H groups in total. The minimum absolute atomic E-state index is 0.0770. The molecule has 1 aromatic carbocycles. The number of carboxylic acids is 1. The van der Waals surface area contributed by atoms with Crippen molar-refractivity contribution in [1.29, 1.82) is 0 Å². The van der Waals surface area contributed by atoms with E-state index < -0.39 is 11.9 Å². The van der Waals surface area contributed by atoms with E-state index in [1.54, 1.807) is 36.1 Å². The van der Waals surface area contributed by atoms with Gasteiger partial charge in [-0.05, 0) is 37.1 Å². The van der Waals surface area contributed by atoms with Gasteiger partial charge in [-0.1, -0.05) is 23.7 Å². The summed E-state index contributed by atoms with van der Waals surface area (Å²) in [6.45, 7) is 1.85. The van der Waals surface area contributed by atoms with Gasteiger partial charge >= 0.3 is 5.97 Å². The number of hydrogen-bond donors (Lipinski definition) is 1. The van der Waals surface area contributed by atoms with Gasteiger partial charge < -0.3 is 14.5 Å². The van der Waals surface area contributed by atoms with Gasteiger partial charge in [0.25, 0.3) is 0 Å². The summed E-state index contributed by atoms with van der Waals surface area (Å²) in [6.07, 6.45) is 2.40. The van der Waals surface area contributed by atoms with Crippen LogP contribution in [0.5, 0.6) is 0 Å². The van der Waals surface area contributed by atoms with Crippen LogP contribution in [0.25, 0.3) is 11.4 Å². The van der Waals surface area contributed by atoms with Crippen molar-refractivity contribution < 1.29 is 19.2 Å². The summed E-state index contributed by atoms with van der Waals surface area (Å²) < 4.78 is 5.22. The zero-order chi connectivity index (χ0) is 18.7. The third kappa shape index (κ3) is 4.60. The van der Waals surface area contributed by atoms with E-state index >= 15 is 0 Å². The molecule has 1 aromatic heterocycles. The Morgan fingerprint density at radius 3 is 2.65 bits per heavy atom. The number of rotatable bonds is 8. The molecule has 0 spiro atoms. The Labute approximate surface area is 155 Å². The molecule has 0 bridgehead atoms. The smallest absolute Gasteiger partial charge is 0.308 e. The van der Waals surface area contributed by atoms with Gasteiger partial charge in [-0.2, -0.15) is 4.98 Å². The molecule has 2 aromatic rings. The molecule has 1 atom stereocenters. The van der Waals surface area contributed by atoms with Crippen LogP contribution >= 0.6 is 11.6 Å². The standard InChI is InChI=1S/C18H20ClN3O4/c1-11(18(24)25)10-22(14-6-7-14)16(23)9-8-15-20-17(21-26-15)12-2-4-13(19)5-3-12/h2-5,11,14H,6-10H2,1H3,(H,24,25). The summed E-state index contributed by atoms with van der Waals surface area (Å²) in [5.41, 5.74) is 0.783. The van der Waals surface area contributed by atoms with E-state index in [0.29, 0.717) is 23.2 Å². The minimum atomic E-state index is -0.895. The van der Waals surface area contributed by atoms with Crippen LogP contribution in [0.4, 0.5) is 0 Å². The summed E-state index contributed by atoms with van der Waals surface area (Å²) >= 11 is 5.86. The van der Waals surface area contributed by atoms with Gasteiger partial charge in [0.1, 0.15) is 0 Å². The number of halogens is 1. The highest BCUT2D eigenvalue weighted by atomic mass is 35.5. The highest BCUT2D eigenvalue weighted by molar-refractivity contribution is 6.30. The first-order valence-corrected chi connectivity index (χ1v) is 8.92. The molecule has 3 rings (SSSR count). The predicted molar refractivity (Wildman–Crippen MR) is 94.6 cm³/mol. The minimum Gasteiger partial charge on any atom is -0.481 e. The maximum Gasteiger partial charge on any atom is 0.308 e. The third-order valence-electron chi connectivity index (χ3n) is 4.32. The fraction of sp³-hybridized carbons (Fsp3) is 0.444. The highest BCUT2D eigenvalue weighted by Gasteiger charge is 2.34. The number of aryl methyl sites for hydroxylation is 1. The molecule has 1 amide bonds. The van der Waals surface area contributed by atoms with Crippen LogP contribution in [-0.2, 0) is 16.0 Å². The number of hydrogen-bond acceptors (Lipinski definition) is 5. The Kier molecular flexibility index (Phi) is 5.56. The molecule has 1 unspecified atom stereocenters. The maximum absolute atomic E-state index is 12.5. The number of nitrogens with zero attached hydrogens (tertiary/aromatic N) is 3. The Balaban J connectivity index is 1.58. The lowest BCUT2D eigenvalue weighted by Crippen LogP contribution is -2.38. The molecule has 1 heterocycles. The van der Waals surface area contributed by atoms with Crippen molar-refractivity contribution in [2.45, 2.75) is 38.6 Å². The summed E-state index contributed by atoms with van der Waals surface area (Å²) in [7, 11) is 0. The van der Waals surface area contributed by atoms with Crippen molar-refractivity contribution in [2.24, 2.45) is 5.92 Å². The number of aromatic nitrogens is 2. The molecular weight excluding hydrogens is 358 g/mol. The first-order valence-electron chi connectivity index (χ1n) is 8.55. The molecule has 1 fully saturated rings. The Bertz CT molecular complexity index is 786. The van der Waals surface area contributed by atoms with Gasteiger partial charge in [0.15, 0.2) is 0 Å². The molecule has 0 aliphatic heterocycles. The summed E-state index contributed by atoms with van der Waals surface area (Å²) in [5, 5.41) is 13.6. The lowest BCUT2D eigenvalue weighted by molar-refractivity contribution is -0.143. The third-order valence-corrected chi connectivity index (χ3v) is 4.58. The van der Waals surface area contributed by atoms with E-state index in [-0.39, 0.29) is 24.9 Å². The molecule has 8 heteroatoms. The predicted octanol–water partition coefficient (Wildman–Crippen LogP) is 3.03. The lowest BCUT2D eigenvalue weighted by atomic mass is 10.1. The number of aliphatic carboxylic acids is 1. The van der Waals surface area contributed by atoms with Gasteiger partial charge in [-0.25, -0.2) is 0 Å². The Morgan fingerprint density at radius 2 is 2.04 bits per heavy atom. The molecule has 1 saturated carbocycles. The highest BCUT2D eigenvalue weighted by Crippen LogP contribution is 2.28. The topological polar surface area (TPSA) is 96.5 Å². The number of carboxylic acid groups (broad SMARTS) is 1. The molecule has 1 aliphatic carbocycles. The van der Waals surface area contributed by atoms with E-state index in [9.17, 15) is 9.59 Å². The lowest BCUT2D eigenvalue weighted by Gasteiger charge is -2.24. The monoisotopic (exact) mass is 377 g/mol. The van der Waals surface area contributed by atoms with Crippen molar-refractivity contribution in [3.63, 3.8) is 0 Å². The number of benzene rings is 1. The van der Waals surface area contributed by atoms with Gasteiger partial charge in [0, 0.05) is 36.0 Å². The fourth-order valence-corrected chi connectivity index (χ4v) is 2.77. The zero-order valence-electron chi connectivity index (χ0n) is 14.4. The van der Waals surface area contributed by atoms with Crippen molar-refractivity contribution in [1.82, 2.24) is 15.0 Å². The van der Waals surface area contributed by atoms with Crippen LogP contribution in [0.15, 0.2) is 28.8 Å². The van der Waals surface area contributed by atoms with Crippen molar-refractivity contribution in [3.05, 3.63) is 35.2 Å². The van der Waals surface area contributed by atoms with Crippen molar-refractivity contribution in [2.75, 3.05) is 6.54 Å². The number of carbonyl (C=O) groups is 2. The number of carbonyl (C=O) groups excluding carboxylic acids is 1. The van der Waals surface area contributed by atoms with E-state index in [4.69, 9.17) is 21.2 Å². The average Bonchev–Trinajstić information content (AvgIpc) is 3.35. The van der Waals surface area contributed by atoms with Crippen molar-refractivity contribution in [3.8, 4) is 11.4 Å². The first kappa shape index (κ1) is 18.4. The van der Waals surface area contributed by atoms with Gasteiger partial charge in [-0.15, -0.1) is 0 Å². The van der Waals surface area contributed by atoms with Crippen LogP contribution in [-0.4, -0.2) is 44.6 Å². The molecule has 138 valence electrons. The second-order valence-electron chi connectivity index (χ2n) is 6.54. The zero-order valence-corrected chi connectivity index (χ0v) is 15.1. The molecule has 26 heavy (non-hydrogen) atoms. The van der Waals surface area contributed by atoms with E-state index in [2.05, 4.69) is 10.1 Å². The van der Waals surface area contributed by atoms with E-state index in [1.165, 1.54) is 0 Å². The fourth-order valence-electron chi connectivity index (χ4n) is 2.64. The molecule has 1 aliphatic rings. The normalized spacial score (nSPS) is 14.8. The van der Waals surface area contributed by atoms with Gasteiger partial charge in [0.05, 0.1) is 5.92 Å². The largest absolute Gasteiger partial charge is 0.481 e. The van der Waals surface area contributed by atoms with Gasteiger partial charge in [0.2, 0.25) is 17.6 Å². The van der Waals surface area contributed by atoms with Crippen LogP contribution in [0, 0.1) is 5.92 Å². The quantitative estimate of drug-likeness (QED) is 0.759. The number of amides is 1. The Hall–Kier alpha value is -2.41. The second-order valence-corrected chi connectivity index (χ2v) is 6.97. The van der Waals surface area contributed by atoms with Crippen LogP contribution in [0.3, 0.4) is 0 Å².